The van der Waals surface area contributed by atoms with Crippen molar-refractivity contribution in [1.82, 2.24) is 10.2 Å². The van der Waals surface area contributed by atoms with E-state index < -0.39 is 28.6 Å². The van der Waals surface area contributed by atoms with Crippen molar-refractivity contribution in [2.75, 3.05) is 13.1 Å². The molecule has 1 heterocycles. The predicted molar refractivity (Wildman–Crippen MR) is 71.2 cm³/mol. The van der Waals surface area contributed by atoms with Gasteiger partial charge in [0, 0.05) is 12.1 Å². The van der Waals surface area contributed by atoms with Crippen molar-refractivity contribution in [2.45, 2.75) is 12.8 Å². The molecule has 21 heavy (non-hydrogen) atoms. The quantitative estimate of drug-likeness (QED) is 0.485. The van der Waals surface area contributed by atoms with Crippen molar-refractivity contribution in [1.29, 1.82) is 0 Å². The van der Waals surface area contributed by atoms with Crippen LogP contribution in [0.3, 0.4) is 0 Å². The number of hydrogen-bond acceptors (Lipinski definition) is 5. The zero-order valence-electron chi connectivity index (χ0n) is 11.2. The van der Waals surface area contributed by atoms with E-state index >= 15 is 0 Å². The highest BCUT2D eigenvalue weighted by atomic mass is 16.6. The van der Waals surface area contributed by atoms with E-state index in [9.17, 15) is 24.5 Å². The summed E-state index contributed by atoms with van der Waals surface area (Å²) in [4.78, 5) is 46.2. The van der Waals surface area contributed by atoms with Gasteiger partial charge in [-0.3, -0.25) is 29.8 Å². The van der Waals surface area contributed by atoms with Gasteiger partial charge in [0.05, 0.1) is 10.8 Å². The Bertz CT molecular complexity index is 612. The molecule has 0 saturated carbocycles. The Hall–Kier alpha value is -2.77. The highest BCUT2D eigenvalue weighted by Crippen LogP contribution is 2.22. The molecule has 8 heteroatoms. The molecule has 0 aliphatic carbocycles. The van der Waals surface area contributed by atoms with E-state index in [0.717, 1.165) is 4.90 Å². The van der Waals surface area contributed by atoms with Crippen LogP contribution in [0.5, 0.6) is 0 Å². The van der Waals surface area contributed by atoms with E-state index in [1.165, 1.54) is 18.2 Å². The zero-order valence-corrected chi connectivity index (χ0v) is 11.2. The third kappa shape index (κ3) is 3.22. The largest absolute Gasteiger partial charge is 0.324 e. The van der Waals surface area contributed by atoms with Crippen molar-refractivity contribution >= 4 is 23.4 Å². The molecule has 1 atom stereocenters. The maximum absolute atomic E-state index is 12.3. The Balaban J connectivity index is 2.19. The van der Waals surface area contributed by atoms with Gasteiger partial charge in [0.15, 0.2) is 0 Å². The minimum atomic E-state index is -0.677. The number of nitrogens with zero attached hydrogens (tertiary/aromatic N) is 2. The highest BCUT2D eigenvalue weighted by molar-refractivity contribution is 6.03. The summed E-state index contributed by atoms with van der Waals surface area (Å²) in [5.41, 5.74) is 0.354. The summed E-state index contributed by atoms with van der Waals surface area (Å²) in [6.45, 7) is 1.20. The van der Waals surface area contributed by atoms with Crippen molar-refractivity contribution in [2.24, 2.45) is 0 Å². The van der Waals surface area contributed by atoms with E-state index in [0.29, 0.717) is 5.56 Å². The van der Waals surface area contributed by atoms with Crippen LogP contribution in [0, 0.1) is 10.1 Å². The fourth-order valence-corrected chi connectivity index (χ4v) is 2.12. The van der Waals surface area contributed by atoms with Gasteiger partial charge in [-0.1, -0.05) is 12.1 Å². The number of nitrogens with one attached hydrogen (secondary N) is 1. The van der Waals surface area contributed by atoms with Crippen molar-refractivity contribution in [3.8, 4) is 0 Å². The third-order valence-electron chi connectivity index (χ3n) is 3.21. The summed E-state index contributed by atoms with van der Waals surface area (Å²) < 4.78 is 0. The first kappa shape index (κ1) is 14.6. The maximum atomic E-state index is 12.3. The van der Waals surface area contributed by atoms with Crippen LogP contribution in [-0.4, -0.2) is 40.6 Å². The summed E-state index contributed by atoms with van der Waals surface area (Å²) in [6.07, 6.45) is 0. The standard InChI is InChI=1S/C13H13N3O5/c1-8(9-3-2-4-10(5-9)16(20)21)13(19)15-6-11(17)14-12(18)7-15/h2-5,8H,6-7H2,1H3,(H,14,17,18). The molecule has 0 radical (unpaired) electrons. The lowest BCUT2D eigenvalue weighted by Gasteiger charge is -2.28. The van der Waals surface area contributed by atoms with Crippen LogP contribution in [0.1, 0.15) is 18.4 Å². The van der Waals surface area contributed by atoms with Crippen LogP contribution in [0.4, 0.5) is 5.69 Å². The maximum Gasteiger partial charge on any atom is 0.269 e. The fourth-order valence-electron chi connectivity index (χ4n) is 2.12. The molecule has 1 unspecified atom stereocenters. The average Bonchev–Trinajstić information content (AvgIpc) is 2.44. The molecule has 0 bridgehead atoms. The smallest absolute Gasteiger partial charge is 0.269 e. The second-order valence-corrected chi connectivity index (χ2v) is 4.74. The predicted octanol–water partition coefficient (Wildman–Crippen LogP) is 0.183. The van der Waals surface area contributed by atoms with Gasteiger partial charge in [-0.15, -0.1) is 0 Å². The van der Waals surface area contributed by atoms with Gasteiger partial charge in [0.2, 0.25) is 17.7 Å². The first-order valence-corrected chi connectivity index (χ1v) is 6.24. The molecule has 0 aromatic heterocycles. The van der Waals surface area contributed by atoms with Gasteiger partial charge < -0.3 is 4.90 Å². The molecule has 1 aromatic rings. The summed E-state index contributed by atoms with van der Waals surface area (Å²) in [6, 6.07) is 5.74. The number of piperazine rings is 1. The first-order chi connectivity index (χ1) is 9.88. The number of imide groups is 1. The number of hydrogen-bond donors (Lipinski definition) is 1. The Morgan fingerprint density at radius 2 is 1.95 bits per heavy atom. The van der Waals surface area contributed by atoms with E-state index in [1.807, 2.05) is 0 Å². The van der Waals surface area contributed by atoms with Gasteiger partial charge >= 0.3 is 0 Å². The topological polar surface area (TPSA) is 110 Å². The van der Waals surface area contributed by atoms with Crippen LogP contribution >= 0.6 is 0 Å². The summed E-state index contributed by atoms with van der Waals surface area (Å²) >= 11 is 0. The average molecular weight is 291 g/mol. The van der Waals surface area contributed by atoms with Crippen molar-refractivity contribution in [3.05, 3.63) is 39.9 Å². The lowest BCUT2D eigenvalue weighted by atomic mass is 9.99. The Kier molecular flexibility index (Phi) is 3.97. The summed E-state index contributed by atoms with van der Waals surface area (Å²) in [5.74, 6) is -2.17. The van der Waals surface area contributed by atoms with Crippen LogP contribution in [0.25, 0.3) is 0 Å². The molecular formula is C13H13N3O5. The fraction of sp³-hybridized carbons (Fsp3) is 0.308. The van der Waals surface area contributed by atoms with Crippen molar-refractivity contribution in [3.63, 3.8) is 0 Å². The van der Waals surface area contributed by atoms with Gasteiger partial charge in [-0.2, -0.15) is 0 Å². The Labute approximate surface area is 119 Å². The van der Waals surface area contributed by atoms with E-state index in [4.69, 9.17) is 0 Å². The van der Waals surface area contributed by atoms with E-state index in [1.54, 1.807) is 13.0 Å². The van der Waals surface area contributed by atoms with Crippen LogP contribution in [0.2, 0.25) is 0 Å². The molecule has 2 rings (SSSR count). The van der Waals surface area contributed by atoms with Crippen LogP contribution in [0.15, 0.2) is 24.3 Å². The number of rotatable bonds is 3. The minimum absolute atomic E-state index is 0.111. The Morgan fingerprint density at radius 3 is 2.52 bits per heavy atom. The molecule has 1 aliphatic rings. The van der Waals surface area contributed by atoms with Crippen molar-refractivity contribution < 1.29 is 19.3 Å². The molecule has 8 nitrogen and oxygen atoms in total. The van der Waals surface area contributed by atoms with Gasteiger partial charge in [-0.25, -0.2) is 0 Å². The molecule has 1 saturated heterocycles. The summed E-state index contributed by atoms with van der Waals surface area (Å²) in [5, 5.41) is 12.9. The van der Waals surface area contributed by atoms with Crippen LogP contribution in [-0.2, 0) is 14.4 Å². The first-order valence-electron chi connectivity index (χ1n) is 6.24. The number of nitro benzene ring substituents is 1. The zero-order chi connectivity index (χ0) is 15.6. The molecular weight excluding hydrogens is 278 g/mol. The number of carbonyl (C=O) groups excluding carboxylic acids is 3. The van der Waals surface area contributed by atoms with Gasteiger partial charge in [-0.05, 0) is 12.5 Å². The number of benzene rings is 1. The molecule has 110 valence electrons. The molecule has 1 aliphatic heterocycles. The second-order valence-electron chi connectivity index (χ2n) is 4.74. The van der Waals surface area contributed by atoms with Gasteiger partial charge in [0.25, 0.3) is 5.69 Å². The monoisotopic (exact) mass is 291 g/mol. The lowest BCUT2D eigenvalue weighted by molar-refractivity contribution is -0.384. The molecule has 1 N–H and O–H groups in total. The number of amides is 3. The van der Waals surface area contributed by atoms with Crippen LogP contribution < -0.4 is 5.32 Å². The number of nitro groups is 1. The molecule has 0 spiro atoms. The summed E-state index contributed by atoms with van der Waals surface area (Å²) in [7, 11) is 0. The number of non-ortho nitro benzene ring substituents is 1. The third-order valence-corrected chi connectivity index (χ3v) is 3.21. The highest BCUT2D eigenvalue weighted by Gasteiger charge is 2.30. The second kappa shape index (κ2) is 5.70. The molecule has 1 fully saturated rings. The number of carbonyl (C=O) groups is 3. The van der Waals surface area contributed by atoms with Gasteiger partial charge in [0.1, 0.15) is 13.1 Å². The minimum Gasteiger partial charge on any atom is -0.324 e. The SMILES string of the molecule is CC(C(=O)N1CC(=O)NC(=O)C1)c1cccc([N+](=O)[O-])c1. The Morgan fingerprint density at radius 1 is 1.33 bits per heavy atom. The molecule has 1 aromatic carbocycles. The lowest BCUT2D eigenvalue weighted by Crippen LogP contribution is -2.54. The normalized spacial score (nSPS) is 16.3. The molecule has 3 amide bonds. The van der Waals surface area contributed by atoms with E-state index in [-0.39, 0.29) is 18.8 Å². The van der Waals surface area contributed by atoms with E-state index in [2.05, 4.69) is 5.32 Å².